The van der Waals surface area contributed by atoms with Crippen LogP contribution in [0.4, 0.5) is 4.79 Å². The summed E-state index contributed by atoms with van der Waals surface area (Å²) < 4.78 is 23.7. The lowest BCUT2D eigenvalue weighted by atomic mass is 9.39. The maximum absolute atomic E-state index is 14.2. The van der Waals surface area contributed by atoms with Crippen molar-refractivity contribution in [3.8, 4) is 0 Å². The van der Waals surface area contributed by atoms with E-state index in [1.807, 2.05) is 13.8 Å². The van der Waals surface area contributed by atoms with Crippen molar-refractivity contribution < 1.29 is 48.3 Å². The van der Waals surface area contributed by atoms with Gasteiger partial charge in [0.25, 0.3) is 0 Å². The van der Waals surface area contributed by atoms with Gasteiger partial charge in [0.05, 0.1) is 23.5 Å². The molecule has 2 N–H and O–H groups in total. The Bertz CT molecular complexity index is 1000. The molecule has 4 fully saturated rings. The predicted molar refractivity (Wildman–Crippen MR) is 119 cm³/mol. The molecule has 0 aromatic carbocycles. The highest BCUT2D eigenvalue weighted by Gasteiger charge is 2.85. The minimum atomic E-state index is -1.91. The van der Waals surface area contributed by atoms with Gasteiger partial charge in [-0.2, -0.15) is 0 Å². The minimum Gasteiger partial charge on any atom is -0.481 e. The van der Waals surface area contributed by atoms with Crippen LogP contribution in [0.15, 0.2) is 12.2 Å². The lowest BCUT2D eigenvalue weighted by molar-refractivity contribution is -0.386. The molecular weight excluding hydrogens is 460 g/mol. The molecule has 35 heavy (non-hydrogen) atoms. The number of aliphatic hydroxyl groups is 1. The molecule has 0 aromatic rings. The largest absolute Gasteiger partial charge is 0.509 e. The molecule has 2 saturated heterocycles. The normalized spacial score (nSPS) is 46.1. The number of carboxylic acid groups (broad SMARTS) is 1. The van der Waals surface area contributed by atoms with E-state index >= 15 is 0 Å². The van der Waals surface area contributed by atoms with Crippen LogP contribution in [0.3, 0.4) is 0 Å². The van der Waals surface area contributed by atoms with Gasteiger partial charge in [-0.25, -0.2) is 4.79 Å². The molecule has 194 valence electrons. The second-order valence-corrected chi connectivity index (χ2v) is 11.6. The number of hydrogen-bond donors (Lipinski definition) is 2. The Morgan fingerprint density at radius 2 is 1.83 bits per heavy atom. The molecule has 2 aliphatic heterocycles. The average Bonchev–Trinajstić information content (AvgIpc) is 2.69. The first-order valence-electron chi connectivity index (χ1n) is 11.9. The summed E-state index contributed by atoms with van der Waals surface area (Å²) in [5.41, 5.74) is -6.74. The summed E-state index contributed by atoms with van der Waals surface area (Å²) in [6.45, 7) is 10.0. The monoisotopic (exact) mass is 494 g/mol. The number of carbonyl (C=O) groups excluding carboxylic acids is 3. The third-order valence-corrected chi connectivity index (χ3v) is 8.74. The Labute approximate surface area is 203 Å². The topological polar surface area (TPSA) is 146 Å². The maximum atomic E-state index is 14.2. The highest BCUT2D eigenvalue weighted by Crippen LogP contribution is 2.70. The Hall–Kier alpha value is -2.46. The Morgan fingerprint density at radius 3 is 2.43 bits per heavy atom. The van der Waals surface area contributed by atoms with Gasteiger partial charge in [-0.3, -0.25) is 14.4 Å². The second kappa shape index (κ2) is 7.77. The number of rotatable bonds is 4. The highest BCUT2D eigenvalue weighted by atomic mass is 16.8. The summed E-state index contributed by atoms with van der Waals surface area (Å²) in [6, 6.07) is 0. The lowest BCUT2D eigenvalue weighted by Crippen LogP contribution is -2.89. The maximum Gasteiger partial charge on any atom is 0.509 e. The fourth-order valence-corrected chi connectivity index (χ4v) is 7.72. The van der Waals surface area contributed by atoms with Crippen molar-refractivity contribution in [1.82, 2.24) is 0 Å². The van der Waals surface area contributed by atoms with E-state index in [0.29, 0.717) is 12.8 Å². The molecule has 0 radical (unpaired) electrons. The molecule has 2 heterocycles. The smallest absolute Gasteiger partial charge is 0.481 e. The number of Topliss-reactive ketones (excluding diaryl/α,β-unsaturated/α-hetero) is 1. The highest BCUT2D eigenvalue weighted by molar-refractivity contribution is 5.95. The SMILES string of the molecule is CC(=O)O[C@H]1[C@@H](O)[C@H]2C(C)(C)CC[C@H]3OC(=O)O[C@@]4(C(=O)C[C@](C)(/C=C\CC(=O)O)O[C@]14C)[C@@]32C. The van der Waals surface area contributed by atoms with Crippen molar-refractivity contribution in [2.45, 2.75) is 102 Å². The summed E-state index contributed by atoms with van der Waals surface area (Å²) in [5.74, 6) is -2.84. The summed E-state index contributed by atoms with van der Waals surface area (Å²) in [4.78, 5) is 50.3. The zero-order valence-electron chi connectivity index (χ0n) is 21.0. The average molecular weight is 495 g/mol. The van der Waals surface area contributed by atoms with E-state index in [2.05, 4.69) is 0 Å². The van der Waals surface area contributed by atoms with Gasteiger partial charge in [-0.15, -0.1) is 0 Å². The molecule has 2 aliphatic carbocycles. The standard InChI is InChI=1S/C25H34O10/c1-13(26)32-19-17(30)18-21(2,3)11-9-15-23(18,5)25(34-20(31)33-15)14(27)12-22(4,35-24(19,25)6)10-7-8-16(28)29/h7,10,15,17-19,30H,8-9,11-12H2,1-6H3,(H,28,29)/b10-7-/t15-,17+,18+,19+,22+,23+,24-,25+/m1/s1. The quantitative estimate of drug-likeness (QED) is 0.441. The van der Waals surface area contributed by atoms with Crippen LogP contribution < -0.4 is 0 Å². The molecule has 4 aliphatic rings. The molecular formula is C25H34O10. The predicted octanol–water partition coefficient (Wildman–Crippen LogP) is 2.55. The lowest BCUT2D eigenvalue weighted by Gasteiger charge is -2.72. The number of aliphatic hydroxyl groups excluding tert-OH is 1. The van der Waals surface area contributed by atoms with Gasteiger partial charge in [0.1, 0.15) is 6.10 Å². The Kier molecular flexibility index (Phi) is 5.69. The van der Waals surface area contributed by atoms with E-state index < -0.39 is 75.7 Å². The molecule has 0 amide bonds. The number of carbonyl (C=O) groups is 4. The molecule has 0 aromatic heterocycles. The number of ether oxygens (including phenoxy) is 4. The third kappa shape index (κ3) is 3.36. The Balaban J connectivity index is 1.96. The van der Waals surface area contributed by atoms with Gasteiger partial charge in [0, 0.05) is 19.3 Å². The molecule has 0 bridgehead atoms. The fourth-order valence-electron chi connectivity index (χ4n) is 7.72. The Morgan fingerprint density at radius 1 is 1.17 bits per heavy atom. The molecule has 10 nitrogen and oxygen atoms in total. The summed E-state index contributed by atoms with van der Waals surface area (Å²) in [7, 11) is 0. The van der Waals surface area contributed by atoms with Crippen LogP contribution in [0, 0.1) is 16.7 Å². The van der Waals surface area contributed by atoms with Crippen molar-refractivity contribution in [2.75, 3.05) is 0 Å². The number of hydrogen-bond acceptors (Lipinski definition) is 9. The number of aliphatic carboxylic acids is 1. The number of ketones is 1. The summed E-state index contributed by atoms with van der Waals surface area (Å²) >= 11 is 0. The van der Waals surface area contributed by atoms with Gasteiger partial charge in [-0.05, 0) is 32.1 Å². The van der Waals surface area contributed by atoms with Crippen LogP contribution in [0.25, 0.3) is 0 Å². The molecule has 8 atom stereocenters. The molecule has 1 spiro atoms. The number of esters is 1. The van der Waals surface area contributed by atoms with Crippen LogP contribution in [0.5, 0.6) is 0 Å². The minimum absolute atomic E-state index is 0.218. The van der Waals surface area contributed by atoms with E-state index in [1.165, 1.54) is 26.0 Å². The second-order valence-electron chi connectivity index (χ2n) is 11.6. The van der Waals surface area contributed by atoms with E-state index in [9.17, 15) is 24.3 Å². The van der Waals surface area contributed by atoms with Crippen molar-refractivity contribution >= 4 is 23.9 Å². The number of carboxylic acids is 1. The fraction of sp³-hybridized carbons (Fsp3) is 0.760. The van der Waals surface area contributed by atoms with Gasteiger partial charge < -0.3 is 29.2 Å². The van der Waals surface area contributed by atoms with Gasteiger partial charge in [0.2, 0.25) is 5.60 Å². The van der Waals surface area contributed by atoms with Crippen LogP contribution in [-0.4, -0.2) is 69.2 Å². The van der Waals surface area contributed by atoms with E-state index in [4.69, 9.17) is 24.1 Å². The van der Waals surface area contributed by atoms with Gasteiger partial charge >= 0.3 is 18.1 Å². The molecule has 2 saturated carbocycles. The van der Waals surface area contributed by atoms with E-state index in [0.717, 1.165) is 0 Å². The van der Waals surface area contributed by atoms with Crippen molar-refractivity contribution in [3.05, 3.63) is 12.2 Å². The van der Waals surface area contributed by atoms with Gasteiger partial charge in [0.15, 0.2) is 17.5 Å². The van der Waals surface area contributed by atoms with Crippen LogP contribution >= 0.6 is 0 Å². The molecule has 4 rings (SSSR count). The first-order chi connectivity index (χ1) is 16.0. The third-order valence-electron chi connectivity index (χ3n) is 8.74. The van der Waals surface area contributed by atoms with Crippen LogP contribution in [0.1, 0.15) is 67.2 Å². The summed E-state index contributed by atoms with van der Waals surface area (Å²) in [6.07, 6.45) is -0.944. The zero-order chi connectivity index (χ0) is 26.2. The van der Waals surface area contributed by atoms with E-state index in [-0.39, 0.29) is 12.8 Å². The molecule has 10 heteroatoms. The zero-order valence-corrected chi connectivity index (χ0v) is 21.0. The van der Waals surface area contributed by atoms with Crippen LogP contribution in [0.2, 0.25) is 0 Å². The van der Waals surface area contributed by atoms with Gasteiger partial charge in [-0.1, -0.05) is 32.9 Å². The van der Waals surface area contributed by atoms with Crippen molar-refractivity contribution in [1.29, 1.82) is 0 Å². The van der Waals surface area contributed by atoms with Crippen molar-refractivity contribution in [3.63, 3.8) is 0 Å². The first kappa shape index (κ1) is 25.6. The van der Waals surface area contributed by atoms with E-state index in [1.54, 1.807) is 13.8 Å². The van der Waals surface area contributed by atoms with Crippen LogP contribution in [-0.2, 0) is 33.3 Å². The first-order valence-corrected chi connectivity index (χ1v) is 11.9. The summed E-state index contributed by atoms with van der Waals surface area (Å²) in [5, 5.41) is 20.8. The molecule has 0 unspecified atom stereocenters. The van der Waals surface area contributed by atoms with Crippen molar-refractivity contribution in [2.24, 2.45) is 16.7 Å².